The highest BCUT2D eigenvalue weighted by atomic mass is 32.2. The Balaban J connectivity index is 1.71. The van der Waals surface area contributed by atoms with Crippen molar-refractivity contribution in [1.29, 1.82) is 0 Å². The van der Waals surface area contributed by atoms with E-state index in [2.05, 4.69) is 23.5 Å². The van der Waals surface area contributed by atoms with Gasteiger partial charge in [0.25, 0.3) is 0 Å². The summed E-state index contributed by atoms with van der Waals surface area (Å²) in [5.41, 5.74) is 1.79. The van der Waals surface area contributed by atoms with Crippen molar-refractivity contribution in [3.63, 3.8) is 0 Å². The van der Waals surface area contributed by atoms with Crippen LogP contribution in [0.5, 0.6) is 5.75 Å². The van der Waals surface area contributed by atoms with Crippen LogP contribution in [0.1, 0.15) is 5.56 Å². The highest BCUT2D eigenvalue weighted by molar-refractivity contribution is 8.00. The Morgan fingerprint density at radius 1 is 1.08 bits per heavy atom. The first-order valence-corrected chi connectivity index (χ1v) is 8.71. The molecule has 0 saturated heterocycles. The number of methoxy groups -OCH3 is 1. The molecule has 0 aliphatic carbocycles. The van der Waals surface area contributed by atoms with Crippen molar-refractivity contribution in [1.82, 2.24) is 0 Å². The Morgan fingerprint density at radius 3 is 2.71 bits per heavy atom. The maximum atomic E-state index is 12.3. The zero-order chi connectivity index (χ0) is 16.9. The molecule has 0 spiro atoms. The van der Waals surface area contributed by atoms with Crippen LogP contribution in [0.3, 0.4) is 0 Å². The van der Waals surface area contributed by atoms with E-state index in [1.165, 1.54) is 10.8 Å². The molecule has 0 aliphatic heterocycles. The van der Waals surface area contributed by atoms with Crippen molar-refractivity contribution >= 4 is 34.1 Å². The van der Waals surface area contributed by atoms with E-state index in [1.54, 1.807) is 18.9 Å². The summed E-state index contributed by atoms with van der Waals surface area (Å²) in [6, 6.07) is 20.1. The molecule has 122 valence electrons. The largest absolute Gasteiger partial charge is 0.495 e. The van der Waals surface area contributed by atoms with Gasteiger partial charge in [0.05, 0.1) is 18.6 Å². The number of rotatable bonds is 5. The predicted octanol–water partition coefficient (Wildman–Crippen LogP) is 4.89. The molecule has 24 heavy (non-hydrogen) atoms. The number of carbonyl (C=O) groups is 1. The first-order valence-electron chi connectivity index (χ1n) is 7.72. The number of aryl methyl sites for hydroxylation is 1. The van der Waals surface area contributed by atoms with Gasteiger partial charge in [-0.3, -0.25) is 4.79 Å². The van der Waals surface area contributed by atoms with Crippen LogP contribution in [0.15, 0.2) is 65.6 Å². The van der Waals surface area contributed by atoms with Crippen molar-refractivity contribution < 1.29 is 9.53 Å². The van der Waals surface area contributed by atoms with Crippen LogP contribution in [-0.4, -0.2) is 18.8 Å². The minimum atomic E-state index is -0.0446. The molecule has 0 unspecified atom stereocenters. The molecule has 3 aromatic carbocycles. The molecular formula is C20H19NO2S. The van der Waals surface area contributed by atoms with Crippen molar-refractivity contribution in [2.45, 2.75) is 11.8 Å². The van der Waals surface area contributed by atoms with Crippen LogP contribution >= 0.6 is 11.8 Å². The maximum Gasteiger partial charge on any atom is 0.234 e. The van der Waals surface area contributed by atoms with Crippen molar-refractivity contribution in [3.05, 3.63) is 66.2 Å². The van der Waals surface area contributed by atoms with E-state index in [0.29, 0.717) is 17.2 Å². The van der Waals surface area contributed by atoms with E-state index >= 15 is 0 Å². The molecule has 0 saturated carbocycles. The Kier molecular flexibility index (Phi) is 5.06. The minimum absolute atomic E-state index is 0.0446. The summed E-state index contributed by atoms with van der Waals surface area (Å²) < 4.78 is 5.30. The summed E-state index contributed by atoms with van der Waals surface area (Å²) in [6.45, 7) is 1.99. The van der Waals surface area contributed by atoms with Crippen LogP contribution in [0.4, 0.5) is 5.69 Å². The first kappa shape index (κ1) is 16.4. The highest BCUT2D eigenvalue weighted by Gasteiger charge is 2.09. The number of hydrogen-bond donors (Lipinski definition) is 1. The molecule has 0 fully saturated rings. The highest BCUT2D eigenvalue weighted by Crippen LogP contribution is 2.29. The predicted molar refractivity (Wildman–Crippen MR) is 101 cm³/mol. The third kappa shape index (κ3) is 3.71. The first-order chi connectivity index (χ1) is 11.7. The fourth-order valence-corrected chi connectivity index (χ4v) is 3.45. The lowest BCUT2D eigenvalue weighted by atomic mass is 10.1. The van der Waals surface area contributed by atoms with Gasteiger partial charge in [-0.2, -0.15) is 0 Å². The monoisotopic (exact) mass is 337 g/mol. The Morgan fingerprint density at radius 2 is 1.88 bits per heavy atom. The van der Waals surface area contributed by atoms with Gasteiger partial charge in [-0.25, -0.2) is 0 Å². The molecule has 0 atom stereocenters. The Labute approximate surface area is 146 Å². The van der Waals surface area contributed by atoms with Gasteiger partial charge in [-0.05, 0) is 41.5 Å². The number of benzene rings is 3. The lowest BCUT2D eigenvalue weighted by Crippen LogP contribution is -2.14. The maximum absolute atomic E-state index is 12.3. The van der Waals surface area contributed by atoms with Crippen LogP contribution in [0, 0.1) is 6.92 Å². The Hall–Kier alpha value is -2.46. The number of hydrogen-bond acceptors (Lipinski definition) is 3. The lowest BCUT2D eigenvalue weighted by molar-refractivity contribution is -0.113. The zero-order valence-electron chi connectivity index (χ0n) is 13.7. The lowest BCUT2D eigenvalue weighted by Gasteiger charge is -2.11. The summed E-state index contributed by atoms with van der Waals surface area (Å²) in [6.07, 6.45) is 0. The number of carbonyl (C=O) groups excluding carboxylic acids is 1. The van der Waals surface area contributed by atoms with Gasteiger partial charge in [-0.1, -0.05) is 42.5 Å². The molecule has 0 bridgehead atoms. The molecule has 3 rings (SSSR count). The van der Waals surface area contributed by atoms with Gasteiger partial charge in [0.15, 0.2) is 0 Å². The Bertz CT molecular complexity index is 871. The summed E-state index contributed by atoms with van der Waals surface area (Å²) in [5, 5.41) is 5.29. The van der Waals surface area contributed by atoms with E-state index in [1.807, 2.05) is 49.4 Å². The number of nitrogens with one attached hydrogen (secondary N) is 1. The van der Waals surface area contributed by atoms with Gasteiger partial charge in [-0.15, -0.1) is 11.8 Å². The van der Waals surface area contributed by atoms with Crippen LogP contribution in [0.25, 0.3) is 10.8 Å². The van der Waals surface area contributed by atoms with E-state index in [4.69, 9.17) is 4.74 Å². The quantitative estimate of drug-likeness (QED) is 0.674. The van der Waals surface area contributed by atoms with Gasteiger partial charge >= 0.3 is 0 Å². The second-order valence-corrected chi connectivity index (χ2v) is 6.54. The van der Waals surface area contributed by atoms with E-state index in [9.17, 15) is 4.79 Å². The number of thioether (sulfide) groups is 1. The molecule has 3 aromatic rings. The number of amides is 1. The van der Waals surface area contributed by atoms with Crippen molar-refractivity contribution in [2.75, 3.05) is 18.2 Å². The summed E-state index contributed by atoms with van der Waals surface area (Å²) in [7, 11) is 1.60. The number of ether oxygens (including phenoxy) is 1. The SMILES string of the molecule is COc1ccc(C)cc1NC(=O)CSc1cccc2ccccc12. The summed E-state index contributed by atoms with van der Waals surface area (Å²) in [4.78, 5) is 13.4. The number of fused-ring (bicyclic) bond motifs is 1. The van der Waals surface area contributed by atoms with Crippen LogP contribution < -0.4 is 10.1 Å². The van der Waals surface area contributed by atoms with Crippen LogP contribution in [0.2, 0.25) is 0 Å². The molecule has 0 aliphatic rings. The third-order valence-electron chi connectivity index (χ3n) is 3.74. The van der Waals surface area contributed by atoms with Crippen molar-refractivity contribution in [3.8, 4) is 5.75 Å². The van der Waals surface area contributed by atoms with Crippen LogP contribution in [-0.2, 0) is 4.79 Å². The number of anilines is 1. The zero-order valence-corrected chi connectivity index (χ0v) is 14.5. The second-order valence-electron chi connectivity index (χ2n) is 5.52. The van der Waals surface area contributed by atoms with Crippen molar-refractivity contribution in [2.24, 2.45) is 0 Å². The fourth-order valence-electron chi connectivity index (χ4n) is 2.57. The molecule has 3 nitrogen and oxygen atoms in total. The topological polar surface area (TPSA) is 38.3 Å². The van der Waals surface area contributed by atoms with E-state index < -0.39 is 0 Å². The smallest absolute Gasteiger partial charge is 0.234 e. The molecular weight excluding hydrogens is 318 g/mol. The van der Waals surface area contributed by atoms with Gasteiger partial charge in [0.2, 0.25) is 5.91 Å². The molecule has 4 heteroatoms. The minimum Gasteiger partial charge on any atom is -0.495 e. The normalized spacial score (nSPS) is 10.6. The summed E-state index contributed by atoms with van der Waals surface area (Å²) >= 11 is 1.54. The molecule has 0 aromatic heterocycles. The fraction of sp³-hybridized carbons (Fsp3) is 0.150. The molecule has 0 radical (unpaired) electrons. The van der Waals surface area contributed by atoms with Gasteiger partial charge < -0.3 is 10.1 Å². The molecule has 0 heterocycles. The average Bonchev–Trinajstić information content (AvgIpc) is 2.60. The molecule has 1 N–H and O–H groups in total. The van der Waals surface area contributed by atoms with Gasteiger partial charge in [0.1, 0.15) is 5.75 Å². The van der Waals surface area contributed by atoms with Gasteiger partial charge in [0, 0.05) is 4.90 Å². The summed E-state index contributed by atoms with van der Waals surface area (Å²) in [5.74, 6) is 0.978. The van der Waals surface area contributed by atoms with E-state index in [0.717, 1.165) is 10.5 Å². The molecule has 1 amide bonds. The average molecular weight is 337 g/mol. The standard InChI is InChI=1S/C20H19NO2S/c1-14-10-11-18(23-2)17(12-14)21-20(22)13-24-19-9-5-7-15-6-3-4-8-16(15)19/h3-12H,13H2,1-2H3,(H,21,22). The third-order valence-corrected chi connectivity index (χ3v) is 4.81. The van der Waals surface area contributed by atoms with E-state index in [-0.39, 0.29) is 5.91 Å². The second kappa shape index (κ2) is 7.41.